The fourth-order valence-corrected chi connectivity index (χ4v) is 2.71. The highest BCUT2D eigenvalue weighted by molar-refractivity contribution is 6.09. The smallest absolute Gasteiger partial charge is 0.250 e. The lowest BCUT2D eigenvalue weighted by molar-refractivity contribution is -0.118. The molecule has 0 bridgehead atoms. The number of nitrogens with one attached hydrogen (secondary N) is 1. The summed E-state index contributed by atoms with van der Waals surface area (Å²) in [5, 5.41) is 2.99. The fourth-order valence-electron chi connectivity index (χ4n) is 2.71. The summed E-state index contributed by atoms with van der Waals surface area (Å²) in [7, 11) is 1.62. The number of likely N-dealkylation sites (N-methyl/N-ethyl adjacent to an activating group) is 1. The van der Waals surface area contributed by atoms with Gasteiger partial charge in [-0.15, -0.1) is 0 Å². The third-order valence-electron chi connectivity index (χ3n) is 3.73. The first-order valence-electron chi connectivity index (χ1n) is 5.99. The van der Waals surface area contributed by atoms with E-state index < -0.39 is 0 Å². The van der Waals surface area contributed by atoms with Crippen molar-refractivity contribution in [1.29, 1.82) is 0 Å². The second-order valence-corrected chi connectivity index (χ2v) is 4.58. The lowest BCUT2D eigenvalue weighted by atomic mass is 10.1. The molecule has 1 N–H and O–H groups in total. The Labute approximate surface area is 101 Å². The molecule has 4 nitrogen and oxygen atoms in total. The van der Waals surface area contributed by atoms with Gasteiger partial charge in [-0.05, 0) is 31.9 Å². The van der Waals surface area contributed by atoms with E-state index in [9.17, 15) is 4.79 Å². The third kappa shape index (κ3) is 1.27. The number of benzene rings is 1. The van der Waals surface area contributed by atoms with Crippen LogP contribution in [0.5, 0.6) is 5.75 Å². The average molecular weight is 232 g/mol. The summed E-state index contributed by atoms with van der Waals surface area (Å²) >= 11 is 0. The zero-order valence-electron chi connectivity index (χ0n) is 10.1. The van der Waals surface area contributed by atoms with Gasteiger partial charge in [0.05, 0.1) is 12.8 Å². The van der Waals surface area contributed by atoms with E-state index in [1.807, 2.05) is 18.2 Å². The molecule has 90 valence electrons. The fraction of sp³-hybridized carbons (Fsp3) is 0.462. The van der Waals surface area contributed by atoms with Gasteiger partial charge in [0, 0.05) is 6.54 Å². The third-order valence-corrected chi connectivity index (χ3v) is 3.73. The van der Waals surface area contributed by atoms with Crippen LogP contribution in [0.15, 0.2) is 18.2 Å². The molecule has 1 heterocycles. The van der Waals surface area contributed by atoms with Crippen molar-refractivity contribution < 1.29 is 9.53 Å². The molecule has 1 aromatic rings. The lowest BCUT2D eigenvalue weighted by Gasteiger charge is -2.38. The minimum Gasteiger partial charge on any atom is -0.494 e. The maximum atomic E-state index is 12.2. The van der Waals surface area contributed by atoms with Crippen LogP contribution in [-0.4, -0.2) is 25.1 Å². The average Bonchev–Trinajstić information content (AvgIpc) is 3.12. The Balaban J connectivity index is 2.15. The van der Waals surface area contributed by atoms with Crippen LogP contribution in [0.4, 0.5) is 11.4 Å². The van der Waals surface area contributed by atoms with Crippen LogP contribution in [0.25, 0.3) is 0 Å². The van der Waals surface area contributed by atoms with E-state index >= 15 is 0 Å². The molecule has 1 amide bonds. The molecular formula is C13H16N2O2. The predicted molar refractivity (Wildman–Crippen MR) is 66.6 cm³/mol. The number of hydrogen-bond acceptors (Lipinski definition) is 3. The Morgan fingerprint density at radius 1 is 1.47 bits per heavy atom. The maximum Gasteiger partial charge on any atom is 0.250 e. The number of para-hydroxylation sites is 1. The Hall–Kier alpha value is -1.71. The largest absolute Gasteiger partial charge is 0.494 e. The van der Waals surface area contributed by atoms with Gasteiger partial charge in [0.15, 0.2) is 0 Å². The van der Waals surface area contributed by atoms with Crippen LogP contribution in [0.2, 0.25) is 0 Å². The summed E-state index contributed by atoms with van der Waals surface area (Å²) in [5.74, 6) is 0.834. The van der Waals surface area contributed by atoms with Gasteiger partial charge in [-0.1, -0.05) is 6.07 Å². The van der Waals surface area contributed by atoms with Crippen molar-refractivity contribution >= 4 is 17.3 Å². The van der Waals surface area contributed by atoms with Crippen LogP contribution in [0, 0.1) is 0 Å². The summed E-state index contributed by atoms with van der Waals surface area (Å²) in [6, 6.07) is 5.88. The van der Waals surface area contributed by atoms with Crippen molar-refractivity contribution in [3.05, 3.63) is 18.2 Å². The molecule has 0 atom stereocenters. The highest BCUT2D eigenvalue weighted by Gasteiger charge is 2.57. The summed E-state index contributed by atoms with van der Waals surface area (Å²) in [4.78, 5) is 14.4. The van der Waals surface area contributed by atoms with E-state index in [0.29, 0.717) is 0 Å². The summed E-state index contributed by atoms with van der Waals surface area (Å²) in [6.07, 6.45) is 1.90. The minimum atomic E-state index is -0.284. The van der Waals surface area contributed by atoms with E-state index in [-0.39, 0.29) is 11.4 Å². The Morgan fingerprint density at radius 2 is 2.24 bits per heavy atom. The van der Waals surface area contributed by atoms with E-state index in [1.165, 1.54) is 0 Å². The van der Waals surface area contributed by atoms with Crippen LogP contribution in [0.1, 0.15) is 19.8 Å². The standard InChI is InChI=1S/C13H16N2O2/c1-3-15-9-5-4-6-10(17-2)11(9)14-12(16)13(15)7-8-13/h4-6H,3,7-8H2,1-2H3,(H,14,16). The molecule has 17 heavy (non-hydrogen) atoms. The van der Waals surface area contributed by atoms with Gasteiger partial charge in [-0.25, -0.2) is 0 Å². The molecule has 1 aromatic carbocycles. The molecule has 0 unspecified atom stereocenters. The van der Waals surface area contributed by atoms with Crippen molar-refractivity contribution in [2.45, 2.75) is 25.3 Å². The van der Waals surface area contributed by atoms with Gasteiger partial charge in [0.25, 0.3) is 0 Å². The van der Waals surface area contributed by atoms with Crippen molar-refractivity contribution in [1.82, 2.24) is 0 Å². The molecule has 0 radical (unpaired) electrons. The van der Waals surface area contributed by atoms with E-state index in [4.69, 9.17) is 4.74 Å². The number of ether oxygens (including phenoxy) is 1. The zero-order valence-corrected chi connectivity index (χ0v) is 10.1. The van der Waals surface area contributed by atoms with E-state index in [1.54, 1.807) is 7.11 Å². The first-order valence-corrected chi connectivity index (χ1v) is 5.99. The summed E-state index contributed by atoms with van der Waals surface area (Å²) in [6.45, 7) is 2.93. The number of fused-ring (bicyclic) bond motifs is 1. The molecule has 4 heteroatoms. The van der Waals surface area contributed by atoms with Gasteiger partial charge in [-0.3, -0.25) is 4.79 Å². The van der Waals surface area contributed by atoms with Crippen molar-refractivity contribution in [3.63, 3.8) is 0 Å². The van der Waals surface area contributed by atoms with Crippen LogP contribution in [0.3, 0.4) is 0 Å². The molecule has 2 aliphatic rings. The number of amides is 1. The first kappa shape index (κ1) is 10.4. The van der Waals surface area contributed by atoms with Crippen molar-refractivity contribution in [2.24, 2.45) is 0 Å². The van der Waals surface area contributed by atoms with Crippen LogP contribution >= 0.6 is 0 Å². The summed E-state index contributed by atoms with van der Waals surface area (Å²) < 4.78 is 5.30. The molecular weight excluding hydrogens is 216 g/mol. The molecule has 1 spiro atoms. The molecule has 3 rings (SSSR count). The van der Waals surface area contributed by atoms with Crippen LogP contribution < -0.4 is 15.0 Å². The molecule has 0 aromatic heterocycles. The van der Waals surface area contributed by atoms with Crippen molar-refractivity contribution in [2.75, 3.05) is 23.9 Å². The monoisotopic (exact) mass is 232 g/mol. The number of rotatable bonds is 2. The quantitative estimate of drug-likeness (QED) is 0.848. The van der Waals surface area contributed by atoms with Crippen LogP contribution in [-0.2, 0) is 4.79 Å². The SMILES string of the molecule is CCN1c2cccc(OC)c2NC(=O)C12CC2. The lowest BCUT2D eigenvalue weighted by Crippen LogP contribution is -2.50. The Kier molecular flexibility index (Phi) is 2.08. The predicted octanol–water partition coefficient (Wildman–Crippen LogP) is 2.01. The number of carbonyl (C=O) groups is 1. The van der Waals surface area contributed by atoms with E-state index in [0.717, 1.165) is 36.5 Å². The molecule has 1 fully saturated rings. The highest BCUT2D eigenvalue weighted by Crippen LogP contribution is 2.51. The molecule has 1 aliphatic heterocycles. The van der Waals surface area contributed by atoms with E-state index in [2.05, 4.69) is 17.1 Å². The number of anilines is 2. The Morgan fingerprint density at radius 3 is 2.82 bits per heavy atom. The highest BCUT2D eigenvalue weighted by atomic mass is 16.5. The van der Waals surface area contributed by atoms with Gasteiger partial charge in [0.1, 0.15) is 17.0 Å². The van der Waals surface area contributed by atoms with Crippen molar-refractivity contribution in [3.8, 4) is 5.75 Å². The number of methoxy groups -OCH3 is 1. The second kappa shape index (κ2) is 3.39. The van der Waals surface area contributed by atoms with Gasteiger partial charge in [0.2, 0.25) is 5.91 Å². The number of carbonyl (C=O) groups excluding carboxylic acids is 1. The molecule has 0 saturated heterocycles. The van der Waals surface area contributed by atoms with Gasteiger partial charge in [-0.2, -0.15) is 0 Å². The number of nitrogens with zero attached hydrogens (tertiary/aromatic N) is 1. The zero-order chi connectivity index (χ0) is 12.0. The van der Waals surface area contributed by atoms with Gasteiger partial charge < -0.3 is 15.0 Å². The maximum absolute atomic E-state index is 12.2. The topological polar surface area (TPSA) is 41.6 Å². The second-order valence-electron chi connectivity index (χ2n) is 4.58. The number of hydrogen-bond donors (Lipinski definition) is 1. The van der Waals surface area contributed by atoms with Gasteiger partial charge >= 0.3 is 0 Å². The first-order chi connectivity index (χ1) is 8.23. The minimum absolute atomic E-state index is 0.108. The normalized spacial score (nSPS) is 19.9. The summed E-state index contributed by atoms with van der Waals surface area (Å²) in [5.41, 5.74) is 1.59. The molecule has 1 saturated carbocycles. The molecule has 1 aliphatic carbocycles. The Bertz CT molecular complexity index is 480.